The lowest BCUT2D eigenvalue weighted by Crippen LogP contribution is -2.51. The van der Waals surface area contributed by atoms with Crippen LogP contribution in [0.25, 0.3) is 0 Å². The van der Waals surface area contributed by atoms with Gasteiger partial charge >= 0.3 is 12.1 Å². The summed E-state index contributed by atoms with van der Waals surface area (Å²) in [6, 6.07) is 1.40. The molecule has 0 saturated heterocycles. The van der Waals surface area contributed by atoms with Crippen LogP contribution in [0.5, 0.6) is 0 Å². The number of carbonyl (C=O) groups is 2. The predicted octanol–water partition coefficient (Wildman–Crippen LogP) is 2.78. The van der Waals surface area contributed by atoms with Gasteiger partial charge in [0.1, 0.15) is 11.4 Å². The van der Waals surface area contributed by atoms with Gasteiger partial charge < -0.3 is 10.0 Å². The van der Waals surface area contributed by atoms with Crippen molar-refractivity contribution in [2.75, 3.05) is 7.05 Å². The molecule has 0 unspecified atom stereocenters. The molecule has 21 heavy (non-hydrogen) atoms. The van der Waals surface area contributed by atoms with Crippen LogP contribution in [0.3, 0.4) is 0 Å². The highest BCUT2D eigenvalue weighted by molar-refractivity contribution is 5.97. The van der Waals surface area contributed by atoms with Crippen LogP contribution in [0.2, 0.25) is 0 Å². The van der Waals surface area contributed by atoms with Crippen LogP contribution in [0, 0.1) is 5.82 Å². The van der Waals surface area contributed by atoms with Gasteiger partial charge in [-0.2, -0.15) is 13.2 Å². The Hall–Kier alpha value is -2.12. The first kappa shape index (κ1) is 16.9. The number of hydrogen-bond donors (Lipinski definition) is 1. The topological polar surface area (TPSA) is 57.6 Å². The van der Waals surface area contributed by atoms with Crippen molar-refractivity contribution in [1.82, 2.24) is 4.90 Å². The zero-order valence-corrected chi connectivity index (χ0v) is 11.5. The number of alkyl halides is 3. The molecule has 1 aromatic carbocycles. The highest BCUT2D eigenvalue weighted by atomic mass is 19.4. The number of carboxylic acids is 1. The number of benzene rings is 1. The molecule has 8 heteroatoms. The number of nitrogens with zero attached hydrogens (tertiary/aromatic N) is 1. The molecule has 0 aliphatic carbocycles. The Bertz CT molecular complexity index is 581. The highest BCUT2D eigenvalue weighted by Crippen LogP contribution is 2.31. The minimum atomic E-state index is -4.73. The van der Waals surface area contributed by atoms with Crippen LogP contribution in [0.1, 0.15) is 29.8 Å². The van der Waals surface area contributed by atoms with Gasteiger partial charge in [-0.05, 0) is 32.0 Å². The summed E-state index contributed by atoms with van der Waals surface area (Å²) < 4.78 is 51.3. The molecule has 0 aliphatic heterocycles. The van der Waals surface area contributed by atoms with E-state index in [0.29, 0.717) is 23.1 Å². The van der Waals surface area contributed by atoms with Gasteiger partial charge in [0.05, 0.1) is 11.1 Å². The Kier molecular flexibility index (Phi) is 4.31. The van der Waals surface area contributed by atoms with E-state index >= 15 is 0 Å². The average Bonchev–Trinajstić information content (AvgIpc) is 2.35. The number of hydrogen-bond acceptors (Lipinski definition) is 2. The molecule has 0 aromatic heterocycles. The molecular weight excluding hydrogens is 294 g/mol. The Labute approximate surface area is 118 Å². The maximum atomic E-state index is 13.6. The van der Waals surface area contributed by atoms with E-state index in [-0.39, 0.29) is 0 Å². The van der Waals surface area contributed by atoms with Gasteiger partial charge in [0.15, 0.2) is 0 Å². The minimum Gasteiger partial charge on any atom is -0.480 e. The number of carboxylic acid groups (broad SMARTS) is 1. The molecule has 0 saturated carbocycles. The summed E-state index contributed by atoms with van der Waals surface area (Å²) >= 11 is 0. The molecule has 0 heterocycles. The third-order valence-corrected chi connectivity index (χ3v) is 3.19. The van der Waals surface area contributed by atoms with Crippen LogP contribution in [0.15, 0.2) is 18.2 Å². The maximum Gasteiger partial charge on any atom is 0.416 e. The van der Waals surface area contributed by atoms with Crippen LogP contribution < -0.4 is 0 Å². The van der Waals surface area contributed by atoms with E-state index in [1.54, 1.807) is 0 Å². The first-order valence-electron chi connectivity index (χ1n) is 5.77. The quantitative estimate of drug-likeness (QED) is 0.874. The second-order valence-corrected chi connectivity index (χ2v) is 4.92. The fourth-order valence-corrected chi connectivity index (χ4v) is 1.44. The Morgan fingerprint density at radius 2 is 1.71 bits per heavy atom. The van der Waals surface area contributed by atoms with Crippen molar-refractivity contribution in [2.24, 2.45) is 0 Å². The van der Waals surface area contributed by atoms with Crippen LogP contribution in [-0.4, -0.2) is 34.5 Å². The standard InChI is InChI=1S/C13H13F4NO3/c1-12(2,11(20)21)18(3)10(19)8-6-7(13(15,16)17)4-5-9(8)14/h4-6H,1-3H3,(H,20,21). The molecule has 0 radical (unpaired) electrons. The van der Waals surface area contributed by atoms with E-state index in [2.05, 4.69) is 0 Å². The summed E-state index contributed by atoms with van der Waals surface area (Å²) in [6.07, 6.45) is -4.73. The second kappa shape index (κ2) is 5.34. The number of halogens is 4. The van der Waals surface area contributed by atoms with E-state index in [1.807, 2.05) is 0 Å². The summed E-state index contributed by atoms with van der Waals surface area (Å²) in [5, 5.41) is 8.99. The Morgan fingerprint density at radius 3 is 2.14 bits per heavy atom. The summed E-state index contributed by atoms with van der Waals surface area (Å²) in [4.78, 5) is 23.8. The van der Waals surface area contributed by atoms with Crippen molar-refractivity contribution in [2.45, 2.75) is 25.6 Å². The van der Waals surface area contributed by atoms with E-state index in [4.69, 9.17) is 5.11 Å². The number of likely N-dealkylation sites (N-methyl/N-ethyl adjacent to an activating group) is 1. The van der Waals surface area contributed by atoms with Gasteiger partial charge in [-0.25, -0.2) is 9.18 Å². The fraction of sp³-hybridized carbons (Fsp3) is 0.385. The SMILES string of the molecule is CN(C(=O)c1cc(C(F)(F)F)ccc1F)C(C)(C)C(=O)O. The van der Waals surface area contributed by atoms with Gasteiger partial charge in [0, 0.05) is 7.05 Å². The molecule has 1 rings (SSSR count). The van der Waals surface area contributed by atoms with E-state index in [9.17, 15) is 27.2 Å². The summed E-state index contributed by atoms with van der Waals surface area (Å²) in [7, 11) is 1.08. The molecule has 0 atom stereocenters. The minimum absolute atomic E-state index is 0.367. The smallest absolute Gasteiger partial charge is 0.416 e. The molecule has 1 N–H and O–H groups in total. The lowest BCUT2D eigenvalue weighted by atomic mass is 10.0. The molecule has 1 amide bonds. The van der Waals surface area contributed by atoms with Gasteiger partial charge in [-0.1, -0.05) is 0 Å². The largest absolute Gasteiger partial charge is 0.480 e. The van der Waals surface area contributed by atoms with Crippen molar-refractivity contribution >= 4 is 11.9 Å². The number of rotatable bonds is 3. The van der Waals surface area contributed by atoms with E-state index in [1.165, 1.54) is 13.8 Å². The summed E-state index contributed by atoms with van der Waals surface area (Å²) in [6.45, 7) is 2.36. The molecule has 0 aliphatic rings. The van der Waals surface area contributed by atoms with Crippen molar-refractivity contribution in [3.05, 3.63) is 35.1 Å². The first-order valence-corrected chi connectivity index (χ1v) is 5.77. The maximum absolute atomic E-state index is 13.6. The number of carbonyl (C=O) groups excluding carboxylic acids is 1. The van der Waals surface area contributed by atoms with Gasteiger partial charge in [0.25, 0.3) is 5.91 Å². The molecule has 0 spiro atoms. The zero-order chi connectivity index (χ0) is 16.6. The average molecular weight is 307 g/mol. The first-order chi connectivity index (χ1) is 9.39. The fourth-order valence-electron chi connectivity index (χ4n) is 1.44. The van der Waals surface area contributed by atoms with E-state index in [0.717, 1.165) is 7.05 Å². The highest BCUT2D eigenvalue weighted by Gasteiger charge is 2.38. The van der Waals surface area contributed by atoms with Gasteiger partial charge in [-0.15, -0.1) is 0 Å². The second-order valence-electron chi connectivity index (χ2n) is 4.92. The molecular formula is C13H13F4NO3. The molecule has 4 nitrogen and oxygen atoms in total. The van der Waals surface area contributed by atoms with Crippen molar-refractivity contribution in [3.63, 3.8) is 0 Å². The van der Waals surface area contributed by atoms with E-state index < -0.39 is 40.5 Å². The Morgan fingerprint density at radius 1 is 1.19 bits per heavy atom. The van der Waals surface area contributed by atoms with Crippen LogP contribution >= 0.6 is 0 Å². The molecule has 116 valence electrons. The monoisotopic (exact) mass is 307 g/mol. The van der Waals surface area contributed by atoms with Crippen LogP contribution in [-0.2, 0) is 11.0 Å². The lowest BCUT2D eigenvalue weighted by molar-refractivity contribution is -0.147. The normalized spacial score (nSPS) is 12.1. The zero-order valence-electron chi connectivity index (χ0n) is 11.5. The summed E-state index contributed by atoms with van der Waals surface area (Å²) in [5.74, 6) is -3.67. The van der Waals surface area contributed by atoms with Crippen molar-refractivity contribution in [3.8, 4) is 0 Å². The summed E-state index contributed by atoms with van der Waals surface area (Å²) in [5.41, 5.74) is -3.71. The van der Waals surface area contributed by atoms with Crippen molar-refractivity contribution in [1.29, 1.82) is 0 Å². The van der Waals surface area contributed by atoms with Gasteiger partial charge in [0.2, 0.25) is 0 Å². The lowest BCUT2D eigenvalue weighted by Gasteiger charge is -2.31. The number of amides is 1. The molecule has 0 bridgehead atoms. The van der Waals surface area contributed by atoms with Crippen LogP contribution in [0.4, 0.5) is 17.6 Å². The molecule has 1 aromatic rings. The third-order valence-electron chi connectivity index (χ3n) is 3.19. The molecule has 0 fully saturated rings. The van der Waals surface area contributed by atoms with Crippen molar-refractivity contribution < 1.29 is 32.3 Å². The van der Waals surface area contributed by atoms with Gasteiger partial charge in [-0.3, -0.25) is 4.79 Å². The third kappa shape index (κ3) is 3.32. The number of aliphatic carboxylic acids is 1. The predicted molar refractivity (Wildman–Crippen MR) is 65.2 cm³/mol. The Balaban J connectivity index is 3.28.